The first-order valence-electron chi connectivity index (χ1n) is 12.6. The van der Waals surface area contributed by atoms with E-state index in [4.69, 9.17) is 0 Å². The molecule has 1 saturated heterocycles. The van der Waals surface area contributed by atoms with E-state index in [-0.39, 0.29) is 24.2 Å². The Morgan fingerprint density at radius 1 is 0.763 bits per heavy atom. The van der Waals surface area contributed by atoms with Crippen molar-refractivity contribution < 1.29 is 14.0 Å². The third-order valence-electron chi connectivity index (χ3n) is 6.60. The van der Waals surface area contributed by atoms with Crippen molar-refractivity contribution in [3.8, 4) is 11.3 Å². The molecular formula is C30H28FN5O2. The van der Waals surface area contributed by atoms with E-state index in [0.717, 1.165) is 16.9 Å². The topological polar surface area (TPSA) is 69.6 Å². The first-order chi connectivity index (χ1) is 18.6. The molecule has 1 aliphatic heterocycles. The molecule has 3 aromatic carbocycles. The molecule has 2 amide bonds. The van der Waals surface area contributed by atoms with Gasteiger partial charge in [-0.05, 0) is 54.1 Å². The zero-order valence-electron chi connectivity index (χ0n) is 20.9. The summed E-state index contributed by atoms with van der Waals surface area (Å²) in [5.74, 6) is 0.187. The molecule has 4 aromatic rings. The van der Waals surface area contributed by atoms with Crippen molar-refractivity contribution in [2.45, 2.75) is 6.54 Å². The minimum Gasteiger partial charge on any atom is -0.352 e. The molecule has 0 bridgehead atoms. The summed E-state index contributed by atoms with van der Waals surface area (Å²) in [4.78, 5) is 32.0. The summed E-state index contributed by atoms with van der Waals surface area (Å²) in [7, 11) is 0. The van der Waals surface area contributed by atoms with Gasteiger partial charge in [-0.25, -0.2) is 4.39 Å². The lowest BCUT2D eigenvalue weighted by molar-refractivity contribution is -0.132. The molecule has 192 valence electrons. The highest BCUT2D eigenvalue weighted by atomic mass is 19.1. The number of piperazine rings is 1. The number of benzene rings is 3. The van der Waals surface area contributed by atoms with Gasteiger partial charge in [-0.2, -0.15) is 0 Å². The highest BCUT2D eigenvalue weighted by molar-refractivity contribution is 5.96. The summed E-state index contributed by atoms with van der Waals surface area (Å²) < 4.78 is 13.2. The van der Waals surface area contributed by atoms with Crippen molar-refractivity contribution in [1.29, 1.82) is 0 Å². The monoisotopic (exact) mass is 509 g/mol. The van der Waals surface area contributed by atoms with E-state index >= 15 is 0 Å². The van der Waals surface area contributed by atoms with Gasteiger partial charge in [-0.15, -0.1) is 10.2 Å². The smallest absolute Gasteiger partial charge is 0.254 e. The van der Waals surface area contributed by atoms with Gasteiger partial charge in [0.1, 0.15) is 12.4 Å². The van der Waals surface area contributed by atoms with Crippen LogP contribution in [0.5, 0.6) is 0 Å². The van der Waals surface area contributed by atoms with Crippen molar-refractivity contribution in [1.82, 2.24) is 20.0 Å². The fourth-order valence-corrected chi connectivity index (χ4v) is 4.48. The highest BCUT2D eigenvalue weighted by Gasteiger charge is 2.26. The molecule has 0 unspecified atom stereocenters. The minimum absolute atomic E-state index is 0.00872. The van der Waals surface area contributed by atoms with Gasteiger partial charge in [0.25, 0.3) is 5.91 Å². The first-order valence-corrected chi connectivity index (χ1v) is 12.6. The molecule has 5 rings (SSSR count). The summed E-state index contributed by atoms with van der Waals surface area (Å²) in [5, 5.41) is 8.65. The van der Waals surface area contributed by atoms with E-state index < -0.39 is 0 Å². The van der Waals surface area contributed by atoms with Crippen LogP contribution in [0.1, 0.15) is 15.9 Å². The van der Waals surface area contributed by atoms with Crippen molar-refractivity contribution in [2.75, 3.05) is 37.6 Å². The fraction of sp³-hybridized carbons (Fsp3) is 0.200. The zero-order chi connectivity index (χ0) is 26.3. The van der Waals surface area contributed by atoms with Crippen molar-refractivity contribution in [3.05, 3.63) is 114 Å². The molecular weight excluding hydrogens is 481 g/mol. The van der Waals surface area contributed by atoms with E-state index in [9.17, 15) is 14.0 Å². The molecule has 38 heavy (non-hydrogen) atoms. The SMILES string of the molecule is O=C(CN(Cc1ccccc1)C(=O)c1ccccc1)N1CCN(c2ccc(-c3ccc(F)cc3)nn2)CC1. The Morgan fingerprint density at radius 3 is 2.05 bits per heavy atom. The Balaban J connectivity index is 1.21. The van der Waals surface area contributed by atoms with Crippen LogP contribution in [0.3, 0.4) is 0 Å². The Bertz CT molecular complexity index is 1360. The van der Waals surface area contributed by atoms with Gasteiger partial charge in [0.2, 0.25) is 5.91 Å². The average Bonchev–Trinajstić information content (AvgIpc) is 2.98. The van der Waals surface area contributed by atoms with Crippen LogP contribution in [-0.2, 0) is 11.3 Å². The Morgan fingerprint density at radius 2 is 1.42 bits per heavy atom. The fourth-order valence-electron chi connectivity index (χ4n) is 4.48. The summed E-state index contributed by atoms with van der Waals surface area (Å²) >= 11 is 0. The minimum atomic E-state index is -0.293. The number of carbonyl (C=O) groups is 2. The lowest BCUT2D eigenvalue weighted by atomic mass is 10.1. The van der Waals surface area contributed by atoms with Gasteiger partial charge in [-0.3, -0.25) is 9.59 Å². The van der Waals surface area contributed by atoms with Crippen LogP contribution in [-0.4, -0.2) is 64.5 Å². The Hall–Kier alpha value is -4.59. The van der Waals surface area contributed by atoms with Crippen LogP contribution < -0.4 is 4.90 Å². The molecule has 8 heteroatoms. The molecule has 1 aromatic heterocycles. The van der Waals surface area contributed by atoms with Gasteiger partial charge in [0.05, 0.1) is 5.69 Å². The Kier molecular flexibility index (Phi) is 7.68. The second-order valence-electron chi connectivity index (χ2n) is 9.16. The number of anilines is 1. The van der Waals surface area contributed by atoms with Crippen LogP contribution in [0.15, 0.2) is 97.1 Å². The molecule has 1 aliphatic rings. The molecule has 0 spiro atoms. The van der Waals surface area contributed by atoms with Gasteiger partial charge in [0, 0.05) is 43.9 Å². The van der Waals surface area contributed by atoms with E-state index in [0.29, 0.717) is 44.0 Å². The standard InChI is InChI=1S/C30H28FN5O2/c31-26-13-11-24(12-14-26)27-15-16-28(33-32-27)34-17-19-35(20-18-34)29(37)22-36(21-23-7-3-1-4-8-23)30(38)25-9-5-2-6-10-25/h1-16H,17-22H2. The molecule has 2 heterocycles. The van der Waals surface area contributed by atoms with Crippen molar-refractivity contribution in [2.24, 2.45) is 0 Å². The average molecular weight is 510 g/mol. The molecule has 0 aliphatic carbocycles. The van der Waals surface area contributed by atoms with Crippen LogP contribution in [0.4, 0.5) is 10.2 Å². The van der Waals surface area contributed by atoms with E-state index in [2.05, 4.69) is 15.1 Å². The van der Waals surface area contributed by atoms with E-state index in [1.807, 2.05) is 60.7 Å². The molecule has 1 fully saturated rings. The van der Waals surface area contributed by atoms with E-state index in [1.165, 1.54) is 12.1 Å². The van der Waals surface area contributed by atoms with Crippen LogP contribution in [0, 0.1) is 5.82 Å². The molecule has 0 radical (unpaired) electrons. The van der Waals surface area contributed by atoms with Crippen LogP contribution >= 0.6 is 0 Å². The van der Waals surface area contributed by atoms with Crippen molar-refractivity contribution >= 4 is 17.6 Å². The lowest BCUT2D eigenvalue weighted by Gasteiger charge is -2.36. The van der Waals surface area contributed by atoms with Crippen LogP contribution in [0.25, 0.3) is 11.3 Å². The largest absolute Gasteiger partial charge is 0.352 e. The normalized spacial score (nSPS) is 13.3. The van der Waals surface area contributed by atoms with Crippen molar-refractivity contribution in [3.63, 3.8) is 0 Å². The number of hydrogen-bond donors (Lipinski definition) is 0. The maximum absolute atomic E-state index is 13.3. The number of rotatable bonds is 7. The number of hydrogen-bond acceptors (Lipinski definition) is 5. The summed E-state index contributed by atoms with van der Waals surface area (Å²) in [6.45, 7) is 2.65. The Labute approximate surface area is 221 Å². The zero-order valence-corrected chi connectivity index (χ0v) is 20.9. The maximum atomic E-state index is 13.3. The van der Waals surface area contributed by atoms with Gasteiger partial charge >= 0.3 is 0 Å². The highest BCUT2D eigenvalue weighted by Crippen LogP contribution is 2.20. The summed E-state index contributed by atoms with van der Waals surface area (Å²) in [6, 6.07) is 28.6. The maximum Gasteiger partial charge on any atom is 0.254 e. The number of aromatic nitrogens is 2. The number of nitrogens with zero attached hydrogens (tertiary/aromatic N) is 5. The lowest BCUT2D eigenvalue weighted by Crippen LogP contribution is -2.52. The predicted molar refractivity (Wildman–Crippen MR) is 144 cm³/mol. The van der Waals surface area contributed by atoms with Gasteiger partial charge in [-0.1, -0.05) is 48.5 Å². The number of amides is 2. The molecule has 7 nitrogen and oxygen atoms in total. The third kappa shape index (κ3) is 6.03. The quantitative estimate of drug-likeness (QED) is 0.372. The summed E-state index contributed by atoms with van der Waals surface area (Å²) in [6.07, 6.45) is 0. The van der Waals surface area contributed by atoms with Gasteiger partial charge < -0.3 is 14.7 Å². The summed E-state index contributed by atoms with van der Waals surface area (Å²) in [5.41, 5.74) is 3.00. The molecule has 0 atom stereocenters. The molecule has 0 saturated carbocycles. The first kappa shape index (κ1) is 25.1. The van der Waals surface area contributed by atoms with Gasteiger partial charge in [0.15, 0.2) is 5.82 Å². The second kappa shape index (κ2) is 11.6. The molecule has 0 N–H and O–H groups in total. The van der Waals surface area contributed by atoms with Crippen LogP contribution in [0.2, 0.25) is 0 Å². The number of halogens is 1. The second-order valence-corrected chi connectivity index (χ2v) is 9.16. The van der Waals surface area contributed by atoms with E-state index in [1.54, 1.807) is 34.1 Å². The predicted octanol–water partition coefficient (Wildman–Crippen LogP) is 4.27. The third-order valence-corrected chi connectivity index (χ3v) is 6.60. The number of carbonyl (C=O) groups excluding carboxylic acids is 2.